The third-order valence-corrected chi connectivity index (χ3v) is 3.91. The first-order chi connectivity index (χ1) is 10.2. The molecule has 0 amide bonds. The van der Waals surface area contributed by atoms with Crippen LogP contribution in [-0.4, -0.2) is 30.6 Å². The first kappa shape index (κ1) is 15.9. The summed E-state index contributed by atoms with van der Waals surface area (Å²) in [4.78, 5) is 2.61. The van der Waals surface area contributed by atoms with Crippen LogP contribution in [-0.2, 0) is 0 Å². The van der Waals surface area contributed by atoms with E-state index in [1.165, 1.54) is 25.8 Å². The van der Waals surface area contributed by atoms with Gasteiger partial charge in [-0.2, -0.15) is 5.26 Å². The van der Waals surface area contributed by atoms with Gasteiger partial charge >= 0.3 is 0 Å². The Labute approximate surface area is 128 Å². The lowest BCUT2D eigenvalue weighted by atomic mass is 10.1. The molecule has 0 aliphatic heterocycles. The minimum absolute atomic E-state index is 0.622. The number of nitrogens with zero attached hydrogens (tertiary/aromatic N) is 2. The molecule has 3 nitrogen and oxygen atoms in total. The zero-order chi connectivity index (χ0) is 15.1. The van der Waals surface area contributed by atoms with E-state index in [0.717, 1.165) is 24.9 Å². The van der Waals surface area contributed by atoms with Crippen molar-refractivity contribution in [3.8, 4) is 11.8 Å². The van der Waals surface area contributed by atoms with Crippen LogP contribution in [0.5, 0.6) is 5.75 Å². The molecule has 3 heteroatoms. The van der Waals surface area contributed by atoms with Crippen molar-refractivity contribution in [2.45, 2.75) is 45.6 Å². The van der Waals surface area contributed by atoms with Crippen LogP contribution in [0.25, 0.3) is 0 Å². The summed E-state index contributed by atoms with van der Waals surface area (Å²) in [5.74, 6) is 1.48. The van der Waals surface area contributed by atoms with E-state index in [-0.39, 0.29) is 0 Å². The van der Waals surface area contributed by atoms with Crippen LogP contribution in [0.15, 0.2) is 24.3 Å². The van der Waals surface area contributed by atoms with Crippen LogP contribution in [0.4, 0.5) is 0 Å². The maximum absolute atomic E-state index is 9.03. The summed E-state index contributed by atoms with van der Waals surface area (Å²) in [7, 11) is 0. The summed E-state index contributed by atoms with van der Waals surface area (Å²) in [6.45, 7) is 7.56. The molecule has 0 unspecified atom stereocenters. The van der Waals surface area contributed by atoms with Crippen LogP contribution in [0, 0.1) is 17.2 Å². The van der Waals surface area contributed by atoms with E-state index >= 15 is 0 Å². The molecule has 0 N–H and O–H groups in total. The average Bonchev–Trinajstić information content (AvgIpc) is 3.31. The van der Waals surface area contributed by atoms with Gasteiger partial charge in [0.2, 0.25) is 0 Å². The van der Waals surface area contributed by atoms with Gasteiger partial charge in [0, 0.05) is 12.6 Å². The van der Waals surface area contributed by atoms with Crippen molar-refractivity contribution >= 4 is 0 Å². The molecule has 114 valence electrons. The number of ether oxygens (including phenoxy) is 1. The summed E-state index contributed by atoms with van der Waals surface area (Å²) in [5.41, 5.74) is 0.622. The Morgan fingerprint density at radius 2 is 2.05 bits per heavy atom. The first-order valence-electron chi connectivity index (χ1n) is 8.06. The molecular formula is C18H26N2O. The number of hydrogen-bond donors (Lipinski definition) is 0. The number of hydrogen-bond acceptors (Lipinski definition) is 3. The Balaban J connectivity index is 1.71. The second kappa shape index (κ2) is 8.05. The Morgan fingerprint density at radius 1 is 1.29 bits per heavy atom. The van der Waals surface area contributed by atoms with Gasteiger partial charge in [0.1, 0.15) is 11.8 Å². The van der Waals surface area contributed by atoms with Gasteiger partial charge < -0.3 is 9.64 Å². The molecule has 0 spiro atoms. The summed E-state index contributed by atoms with van der Waals surface area (Å²) in [5, 5.41) is 9.03. The molecule has 0 atom stereocenters. The van der Waals surface area contributed by atoms with Crippen LogP contribution in [0.1, 0.15) is 45.1 Å². The monoisotopic (exact) mass is 286 g/mol. The summed E-state index contributed by atoms with van der Waals surface area (Å²) >= 11 is 0. The number of nitriles is 1. The van der Waals surface area contributed by atoms with E-state index in [4.69, 9.17) is 10.00 Å². The summed E-state index contributed by atoms with van der Waals surface area (Å²) in [6, 6.07) is 10.4. The standard InChI is InChI=1S/C18H26N2O/c1-15(2)10-12-20(17-8-9-17)11-5-13-21-18-7-4-3-6-16(18)14-19/h3-4,6-7,15,17H,5,8-13H2,1-2H3. The van der Waals surface area contributed by atoms with E-state index < -0.39 is 0 Å². The highest BCUT2D eigenvalue weighted by Crippen LogP contribution is 2.27. The summed E-state index contributed by atoms with van der Waals surface area (Å²) < 4.78 is 5.76. The fourth-order valence-corrected chi connectivity index (χ4v) is 2.48. The molecule has 1 aliphatic carbocycles. The number of rotatable bonds is 9. The van der Waals surface area contributed by atoms with Gasteiger partial charge in [-0.05, 0) is 50.3 Å². The predicted molar refractivity (Wildman–Crippen MR) is 85.3 cm³/mol. The van der Waals surface area contributed by atoms with E-state index in [2.05, 4.69) is 24.8 Å². The molecule has 1 saturated carbocycles. The minimum atomic E-state index is 0.622. The number of benzene rings is 1. The molecule has 0 bridgehead atoms. The van der Waals surface area contributed by atoms with Crippen molar-refractivity contribution in [3.63, 3.8) is 0 Å². The highest BCUT2D eigenvalue weighted by Gasteiger charge is 2.28. The van der Waals surface area contributed by atoms with Crippen molar-refractivity contribution in [2.24, 2.45) is 5.92 Å². The molecule has 21 heavy (non-hydrogen) atoms. The van der Waals surface area contributed by atoms with Gasteiger partial charge in [-0.3, -0.25) is 0 Å². The normalized spacial score (nSPS) is 14.4. The Morgan fingerprint density at radius 3 is 2.71 bits per heavy atom. The maximum atomic E-state index is 9.03. The molecule has 1 aromatic rings. The van der Waals surface area contributed by atoms with Crippen LogP contribution < -0.4 is 4.74 Å². The smallest absolute Gasteiger partial charge is 0.137 e. The SMILES string of the molecule is CC(C)CCN(CCCOc1ccccc1C#N)C1CC1. The topological polar surface area (TPSA) is 36.3 Å². The lowest BCUT2D eigenvalue weighted by molar-refractivity contribution is 0.217. The molecule has 0 heterocycles. The third-order valence-electron chi connectivity index (χ3n) is 3.91. The van der Waals surface area contributed by atoms with Crippen molar-refractivity contribution in [1.29, 1.82) is 5.26 Å². The van der Waals surface area contributed by atoms with Gasteiger partial charge in [-0.25, -0.2) is 0 Å². The van der Waals surface area contributed by atoms with Crippen molar-refractivity contribution in [2.75, 3.05) is 19.7 Å². The van der Waals surface area contributed by atoms with Gasteiger partial charge in [-0.1, -0.05) is 26.0 Å². The van der Waals surface area contributed by atoms with Crippen LogP contribution >= 0.6 is 0 Å². The Kier molecular flexibility index (Phi) is 6.07. The average molecular weight is 286 g/mol. The van der Waals surface area contributed by atoms with E-state index in [9.17, 15) is 0 Å². The zero-order valence-electron chi connectivity index (χ0n) is 13.2. The molecule has 1 fully saturated rings. The van der Waals surface area contributed by atoms with Gasteiger partial charge in [0.15, 0.2) is 0 Å². The summed E-state index contributed by atoms with van der Waals surface area (Å²) in [6.07, 6.45) is 5.01. The van der Waals surface area contributed by atoms with Gasteiger partial charge in [-0.15, -0.1) is 0 Å². The predicted octanol–water partition coefficient (Wildman–Crippen LogP) is 3.84. The van der Waals surface area contributed by atoms with Crippen molar-refractivity contribution in [1.82, 2.24) is 4.90 Å². The molecule has 2 rings (SSSR count). The molecule has 0 aromatic heterocycles. The third kappa shape index (κ3) is 5.40. The van der Waals surface area contributed by atoms with Crippen molar-refractivity contribution in [3.05, 3.63) is 29.8 Å². The van der Waals surface area contributed by atoms with E-state index in [1.54, 1.807) is 6.07 Å². The first-order valence-corrected chi connectivity index (χ1v) is 8.06. The Hall–Kier alpha value is -1.53. The van der Waals surface area contributed by atoms with E-state index in [0.29, 0.717) is 17.9 Å². The second-order valence-electron chi connectivity index (χ2n) is 6.26. The fourth-order valence-electron chi connectivity index (χ4n) is 2.48. The maximum Gasteiger partial charge on any atom is 0.137 e. The lowest BCUT2D eigenvalue weighted by Gasteiger charge is -2.23. The highest BCUT2D eigenvalue weighted by atomic mass is 16.5. The molecule has 1 aromatic carbocycles. The Bertz CT molecular complexity index is 474. The zero-order valence-corrected chi connectivity index (χ0v) is 13.2. The van der Waals surface area contributed by atoms with Gasteiger partial charge in [0.25, 0.3) is 0 Å². The largest absolute Gasteiger partial charge is 0.492 e. The van der Waals surface area contributed by atoms with E-state index in [1.807, 2.05) is 18.2 Å². The lowest BCUT2D eigenvalue weighted by Crippen LogP contribution is -2.30. The highest BCUT2D eigenvalue weighted by molar-refractivity contribution is 5.42. The molecule has 1 aliphatic rings. The van der Waals surface area contributed by atoms with Crippen LogP contribution in [0.3, 0.4) is 0 Å². The molecule has 0 saturated heterocycles. The second-order valence-corrected chi connectivity index (χ2v) is 6.26. The quantitative estimate of drug-likeness (QED) is 0.647. The number of para-hydroxylation sites is 1. The van der Waals surface area contributed by atoms with Gasteiger partial charge in [0.05, 0.1) is 12.2 Å². The van der Waals surface area contributed by atoms with Crippen molar-refractivity contribution < 1.29 is 4.74 Å². The minimum Gasteiger partial charge on any atom is -0.492 e. The molecule has 0 radical (unpaired) electrons. The fraction of sp³-hybridized carbons (Fsp3) is 0.611. The molecular weight excluding hydrogens is 260 g/mol. The van der Waals surface area contributed by atoms with Crippen LogP contribution in [0.2, 0.25) is 0 Å².